The van der Waals surface area contributed by atoms with Gasteiger partial charge in [0.15, 0.2) is 11.9 Å². The minimum Gasteiger partial charge on any atom is -0.475 e. The maximum atomic E-state index is 12.4. The summed E-state index contributed by atoms with van der Waals surface area (Å²) in [5.41, 5.74) is 0.389. The van der Waals surface area contributed by atoms with Gasteiger partial charge in [-0.25, -0.2) is 0 Å². The highest BCUT2D eigenvalue weighted by atomic mass is 16.6. The lowest BCUT2D eigenvalue weighted by Crippen LogP contribution is -2.27. The van der Waals surface area contributed by atoms with Crippen LogP contribution in [0.5, 0.6) is 5.75 Å². The Morgan fingerprint density at radius 2 is 1.76 bits per heavy atom. The molecule has 0 aromatic heterocycles. The monoisotopic (exact) mass is 285 g/mol. The van der Waals surface area contributed by atoms with Crippen LogP contribution in [0.15, 0.2) is 54.6 Å². The van der Waals surface area contributed by atoms with E-state index in [4.69, 9.17) is 4.74 Å². The first kappa shape index (κ1) is 14.7. The molecule has 0 amide bonds. The second-order valence-electron chi connectivity index (χ2n) is 4.47. The topological polar surface area (TPSA) is 69.4 Å². The quantitative estimate of drug-likeness (QED) is 0.461. The van der Waals surface area contributed by atoms with Crippen molar-refractivity contribution in [1.82, 2.24) is 0 Å². The number of benzene rings is 2. The van der Waals surface area contributed by atoms with E-state index in [0.29, 0.717) is 12.0 Å². The van der Waals surface area contributed by atoms with Crippen LogP contribution in [0, 0.1) is 10.1 Å². The Kier molecular flexibility index (Phi) is 4.66. The van der Waals surface area contributed by atoms with Gasteiger partial charge in [0.2, 0.25) is 5.78 Å². The van der Waals surface area contributed by atoms with Gasteiger partial charge >= 0.3 is 5.69 Å². The van der Waals surface area contributed by atoms with Gasteiger partial charge in [0.25, 0.3) is 0 Å². The number of carbonyl (C=O) groups excluding carboxylic acids is 1. The van der Waals surface area contributed by atoms with E-state index >= 15 is 0 Å². The van der Waals surface area contributed by atoms with Gasteiger partial charge in [0, 0.05) is 11.6 Å². The van der Waals surface area contributed by atoms with E-state index in [1.807, 2.05) is 6.07 Å². The number of rotatable bonds is 6. The van der Waals surface area contributed by atoms with Crippen molar-refractivity contribution >= 4 is 11.5 Å². The number of ether oxygens (including phenoxy) is 1. The van der Waals surface area contributed by atoms with Gasteiger partial charge in [-0.1, -0.05) is 49.4 Å². The maximum absolute atomic E-state index is 12.4. The van der Waals surface area contributed by atoms with Crippen molar-refractivity contribution in [2.75, 3.05) is 0 Å². The van der Waals surface area contributed by atoms with E-state index < -0.39 is 11.0 Å². The molecule has 2 rings (SSSR count). The third-order valence-corrected chi connectivity index (χ3v) is 3.05. The van der Waals surface area contributed by atoms with Crippen LogP contribution in [0.25, 0.3) is 0 Å². The Morgan fingerprint density at radius 3 is 2.38 bits per heavy atom. The number of hydrogen-bond donors (Lipinski definition) is 0. The lowest BCUT2D eigenvalue weighted by Gasteiger charge is -2.16. The molecule has 0 aliphatic heterocycles. The number of nitrogens with zero attached hydrogens (tertiary/aromatic N) is 1. The minimum atomic E-state index is -0.742. The molecule has 21 heavy (non-hydrogen) atoms. The largest absolute Gasteiger partial charge is 0.475 e. The first-order valence-corrected chi connectivity index (χ1v) is 6.62. The van der Waals surface area contributed by atoms with Gasteiger partial charge in [0.05, 0.1) is 4.92 Å². The van der Waals surface area contributed by atoms with Crippen molar-refractivity contribution in [1.29, 1.82) is 0 Å². The number of ketones is 1. The number of hydrogen-bond acceptors (Lipinski definition) is 4. The Hall–Kier alpha value is -2.69. The summed E-state index contributed by atoms with van der Waals surface area (Å²) >= 11 is 0. The molecule has 0 saturated carbocycles. The van der Waals surface area contributed by atoms with E-state index in [2.05, 4.69) is 0 Å². The molecular formula is C16H15NO4. The molecule has 0 spiro atoms. The highest BCUT2D eigenvalue weighted by Gasteiger charge is 2.23. The highest BCUT2D eigenvalue weighted by molar-refractivity contribution is 5.99. The summed E-state index contributed by atoms with van der Waals surface area (Å²) in [5, 5.41) is 11.0. The maximum Gasteiger partial charge on any atom is 0.310 e. The lowest BCUT2D eigenvalue weighted by molar-refractivity contribution is -0.386. The third-order valence-electron chi connectivity index (χ3n) is 3.05. The van der Waals surface area contributed by atoms with Crippen molar-refractivity contribution in [3.8, 4) is 5.75 Å². The van der Waals surface area contributed by atoms with Crippen molar-refractivity contribution in [3.63, 3.8) is 0 Å². The van der Waals surface area contributed by atoms with E-state index in [9.17, 15) is 14.9 Å². The predicted octanol–water partition coefficient (Wildman–Crippen LogP) is 3.64. The fourth-order valence-electron chi connectivity index (χ4n) is 1.97. The molecule has 2 aromatic rings. The summed E-state index contributed by atoms with van der Waals surface area (Å²) < 4.78 is 5.58. The summed E-state index contributed by atoms with van der Waals surface area (Å²) in [4.78, 5) is 22.8. The van der Waals surface area contributed by atoms with Gasteiger partial charge in [-0.15, -0.1) is 0 Å². The van der Waals surface area contributed by atoms with Crippen molar-refractivity contribution in [3.05, 3.63) is 70.3 Å². The summed E-state index contributed by atoms with van der Waals surface area (Å²) in [6, 6.07) is 14.8. The molecule has 2 aromatic carbocycles. The second-order valence-corrected chi connectivity index (χ2v) is 4.47. The molecule has 0 heterocycles. The Balaban J connectivity index is 2.24. The smallest absolute Gasteiger partial charge is 0.310 e. The van der Waals surface area contributed by atoms with Crippen LogP contribution >= 0.6 is 0 Å². The summed E-state index contributed by atoms with van der Waals surface area (Å²) in [6.07, 6.45) is -0.312. The number of carbonyl (C=O) groups is 1. The van der Waals surface area contributed by atoms with Gasteiger partial charge in [-0.2, -0.15) is 0 Å². The predicted molar refractivity (Wildman–Crippen MR) is 78.6 cm³/mol. The Labute approximate surface area is 122 Å². The van der Waals surface area contributed by atoms with Crippen LogP contribution in [-0.4, -0.2) is 16.8 Å². The number of nitro benzene ring substituents is 1. The van der Waals surface area contributed by atoms with Gasteiger partial charge in [0.1, 0.15) is 0 Å². The molecule has 0 radical (unpaired) electrons. The normalized spacial score (nSPS) is 11.7. The summed E-state index contributed by atoms with van der Waals surface area (Å²) in [5.74, 6) is -0.0742. The van der Waals surface area contributed by atoms with Crippen LogP contribution in [0.4, 0.5) is 5.69 Å². The lowest BCUT2D eigenvalue weighted by atomic mass is 10.0. The highest BCUT2D eigenvalue weighted by Crippen LogP contribution is 2.28. The molecule has 1 atom stereocenters. The molecule has 0 bridgehead atoms. The fraction of sp³-hybridized carbons (Fsp3) is 0.188. The van der Waals surface area contributed by atoms with Crippen molar-refractivity contribution in [2.24, 2.45) is 0 Å². The van der Waals surface area contributed by atoms with Crippen LogP contribution in [0.3, 0.4) is 0 Å². The second kappa shape index (κ2) is 6.65. The number of para-hydroxylation sites is 2. The molecule has 0 aliphatic rings. The van der Waals surface area contributed by atoms with Crippen LogP contribution < -0.4 is 4.74 Å². The zero-order valence-corrected chi connectivity index (χ0v) is 11.6. The van der Waals surface area contributed by atoms with E-state index in [1.165, 1.54) is 12.1 Å². The standard InChI is InChI=1S/C16H15NO4/c1-2-14(16(18)12-8-4-3-5-9-12)21-15-11-7-6-10-13(15)17(19)20/h3-11,14H,2H2,1H3. The SMILES string of the molecule is CCC(Oc1ccccc1[N+](=O)[O-])C(=O)c1ccccc1. The minimum absolute atomic E-state index is 0.110. The first-order chi connectivity index (χ1) is 10.1. The molecule has 0 aliphatic carbocycles. The van der Waals surface area contributed by atoms with Gasteiger partial charge in [-0.3, -0.25) is 14.9 Å². The molecule has 1 unspecified atom stereocenters. The van der Waals surface area contributed by atoms with Gasteiger partial charge in [-0.05, 0) is 12.5 Å². The first-order valence-electron chi connectivity index (χ1n) is 6.62. The molecule has 5 nitrogen and oxygen atoms in total. The molecule has 0 fully saturated rings. The fourth-order valence-corrected chi connectivity index (χ4v) is 1.97. The molecular weight excluding hydrogens is 270 g/mol. The van der Waals surface area contributed by atoms with E-state index in [-0.39, 0.29) is 17.2 Å². The van der Waals surface area contributed by atoms with Crippen molar-refractivity contribution in [2.45, 2.75) is 19.4 Å². The third kappa shape index (κ3) is 3.45. The zero-order chi connectivity index (χ0) is 15.2. The van der Waals surface area contributed by atoms with E-state index in [1.54, 1.807) is 43.3 Å². The number of nitro groups is 1. The van der Waals surface area contributed by atoms with Crippen LogP contribution in [0.2, 0.25) is 0 Å². The molecule has 0 N–H and O–H groups in total. The van der Waals surface area contributed by atoms with E-state index in [0.717, 1.165) is 0 Å². The molecule has 108 valence electrons. The average Bonchev–Trinajstić information content (AvgIpc) is 2.53. The van der Waals surface area contributed by atoms with Crippen molar-refractivity contribution < 1.29 is 14.5 Å². The zero-order valence-electron chi connectivity index (χ0n) is 11.6. The Bertz CT molecular complexity index is 640. The summed E-state index contributed by atoms with van der Waals surface area (Å²) in [7, 11) is 0. The average molecular weight is 285 g/mol. The van der Waals surface area contributed by atoms with Crippen LogP contribution in [0.1, 0.15) is 23.7 Å². The van der Waals surface area contributed by atoms with Crippen LogP contribution in [-0.2, 0) is 0 Å². The Morgan fingerprint density at radius 1 is 1.14 bits per heavy atom. The molecule has 0 saturated heterocycles. The summed E-state index contributed by atoms with van der Waals surface area (Å²) in [6.45, 7) is 1.81. The van der Waals surface area contributed by atoms with Gasteiger partial charge < -0.3 is 4.74 Å². The number of Topliss-reactive ketones (excluding diaryl/α,β-unsaturated/α-hetero) is 1. The molecule has 5 heteroatoms.